The molecule has 11 heteroatoms. The number of carbonyl (C=O) groups excluding carboxylic acids is 2. The Bertz CT molecular complexity index is 1120. The third-order valence-corrected chi connectivity index (χ3v) is 6.58. The topological polar surface area (TPSA) is 105 Å². The smallest absolute Gasteiger partial charge is 0.319 e. The normalized spacial score (nSPS) is 12.5. The molecule has 0 saturated carbocycles. The van der Waals surface area contributed by atoms with E-state index in [9.17, 15) is 9.59 Å². The number of halogens is 2. The lowest BCUT2D eigenvalue weighted by atomic mass is 9.98. The molecule has 0 aliphatic carbocycles. The van der Waals surface area contributed by atoms with E-state index in [2.05, 4.69) is 26.1 Å². The number of nitrogens with zero attached hydrogens (tertiary/aromatic N) is 2. The van der Waals surface area contributed by atoms with Gasteiger partial charge in [-0.2, -0.15) is 0 Å². The van der Waals surface area contributed by atoms with Gasteiger partial charge in [-0.05, 0) is 48.4 Å². The van der Waals surface area contributed by atoms with Crippen molar-refractivity contribution in [1.82, 2.24) is 15.5 Å². The summed E-state index contributed by atoms with van der Waals surface area (Å²) in [6.45, 7) is 3.82. The van der Waals surface area contributed by atoms with Crippen LogP contribution in [0.25, 0.3) is 10.6 Å². The summed E-state index contributed by atoms with van der Waals surface area (Å²) in [6.07, 6.45) is 0.679. The second-order valence-electron chi connectivity index (χ2n) is 7.22. The number of hydrogen-bond donors (Lipinski definition) is 3. The fraction of sp³-hybridized carbons (Fsp3) is 0.273. The maximum Gasteiger partial charge on any atom is 0.319 e. The van der Waals surface area contributed by atoms with Gasteiger partial charge < -0.3 is 15.4 Å². The van der Waals surface area contributed by atoms with Crippen LogP contribution >= 0.6 is 34.5 Å². The molecule has 0 unspecified atom stereocenters. The van der Waals surface area contributed by atoms with Crippen LogP contribution in [0.15, 0.2) is 42.5 Å². The molecule has 0 radical (unpaired) electrons. The van der Waals surface area contributed by atoms with Crippen LogP contribution < -0.4 is 20.7 Å². The Kier molecular flexibility index (Phi) is 8.49. The van der Waals surface area contributed by atoms with E-state index in [0.29, 0.717) is 32.3 Å². The van der Waals surface area contributed by atoms with Gasteiger partial charge in [-0.25, -0.2) is 4.79 Å². The van der Waals surface area contributed by atoms with Gasteiger partial charge >= 0.3 is 6.03 Å². The van der Waals surface area contributed by atoms with Gasteiger partial charge in [0.05, 0.1) is 17.2 Å². The maximum absolute atomic E-state index is 13.0. The summed E-state index contributed by atoms with van der Waals surface area (Å²) in [5, 5.41) is 18.0. The monoisotopic (exact) mass is 507 g/mol. The van der Waals surface area contributed by atoms with E-state index in [-0.39, 0.29) is 11.8 Å². The van der Waals surface area contributed by atoms with Crippen molar-refractivity contribution in [3.63, 3.8) is 0 Å². The molecule has 1 aromatic heterocycles. The Morgan fingerprint density at radius 2 is 1.79 bits per heavy atom. The van der Waals surface area contributed by atoms with Crippen molar-refractivity contribution in [2.24, 2.45) is 5.92 Å². The van der Waals surface area contributed by atoms with E-state index >= 15 is 0 Å². The van der Waals surface area contributed by atoms with Gasteiger partial charge in [-0.1, -0.05) is 54.8 Å². The lowest BCUT2D eigenvalue weighted by Crippen LogP contribution is -2.49. The third kappa shape index (κ3) is 6.56. The zero-order valence-electron chi connectivity index (χ0n) is 18.2. The fourth-order valence-electron chi connectivity index (χ4n) is 2.89. The molecule has 1 heterocycles. The predicted molar refractivity (Wildman–Crippen MR) is 132 cm³/mol. The Hall–Kier alpha value is -2.88. The highest BCUT2D eigenvalue weighted by atomic mass is 35.5. The first kappa shape index (κ1) is 24.8. The van der Waals surface area contributed by atoms with Crippen LogP contribution in [0.1, 0.15) is 20.3 Å². The van der Waals surface area contributed by atoms with Crippen LogP contribution in [-0.2, 0) is 4.79 Å². The zero-order valence-corrected chi connectivity index (χ0v) is 20.5. The van der Waals surface area contributed by atoms with Gasteiger partial charge in [-0.3, -0.25) is 10.1 Å². The zero-order chi connectivity index (χ0) is 24.0. The summed E-state index contributed by atoms with van der Waals surface area (Å²) >= 11 is 13.1. The molecule has 2 aromatic carbocycles. The van der Waals surface area contributed by atoms with Crippen molar-refractivity contribution in [2.45, 2.75) is 26.3 Å². The predicted octanol–water partition coefficient (Wildman–Crippen LogP) is 5.70. The van der Waals surface area contributed by atoms with E-state index in [1.54, 1.807) is 19.2 Å². The minimum absolute atomic E-state index is 0.126. The van der Waals surface area contributed by atoms with Crippen LogP contribution in [0.2, 0.25) is 10.0 Å². The van der Waals surface area contributed by atoms with Gasteiger partial charge in [0.2, 0.25) is 11.0 Å². The molecule has 0 spiro atoms. The molecule has 0 fully saturated rings. The van der Waals surface area contributed by atoms with Gasteiger partial charge in [0.15, 0.2) is 0 Å². The largest absolute Gasteiger partial charge is 0.497 e. The van der Waals surface area contributed by atoms with Gasteiger partial charge in [-0.15, -0.1) is 10.2 Å². The number of amides is 3. The lowest BCUT2D eigenvalue weighted by Gasteiger charge is -2.23. The van der Waals surface area contributed by atoms with Crippen molar-refractivity contribution in [3.8, 4) is 16.3 Å². The minimum Gasteiger partial charge on any atom is -0.497 e. The molecule has 2 atom stereocenters. The average Bonchev–Trinajstić information content (AvgIpc) is 3.27. The van der Waals surface area contributed by atoms with Crippen LogP contribution in [0.4, 0.5) is 15.6 Å². The summed E-state index contributed by atoms with van der Waals surface area (Å²) in [5.74, 6) is 0.225. The molecule has 3 N–H and O–H groups in total. The molecule has 0 bridgehead atoms. The summed E-state index contributed by atoms with van der Waals surface area (Å²) in [7, 11) is 1.60. The maximum atomic E-state index is 13.0. The minimum atomic E-state index is -0.786. The summed E-state index contributed by atoms with van der Waals surface area (Å²) in [4.78, 5) is 25.5. The second kappa shape index (κ2) is 11.3. The van der Waals surface area contributed by atoms with Crippen LogP contribution in [0.5, 0.6) is 5.75 Å². The first-order valence-electron chi connectivity index (χ1n) is 10.1. The number of benzene rings is 2. The quantitative estimate of drug-likeness (QED) is 0.362. The van der Waals surface area contributed by atoms with Crippen molar-refractivity contribution >= 4 is 57.3 Å². The highest BCUT2D eigenvalue weighted by molar-refractivity contribution is 7.18. The van der Waals surface area contributed by atoms with Crippen LogP contribution in [0.3, 0.4) is 0 Å². The third-order valence-electron chi connectivity index (χ3n) is 4.95. The first-order valence-corrected chi connectivity index (χ1v) is 11.7. The number of rotatable bonds is 8. The molecule has 0 saturated heterocycles. The average molecular weight is 508 g/mol. The molecule has 0 aliphatic heterocycles. The Morgan fingerprint density at radius 3 is 2.42 bits per heavy atom. The number of urea groups is 1. The number of anilines is 2. The number of carbonyl (C=O) groups is 2. The molecule has 3 aromatic rings. The highest BCUT2D eigenvalue weighted by Gasteiger charge is 2.27. The van der Waals surface area contributed by atoms with E-state index < -0.39 is 12.1 Å². The first-order chi connectivity index (χ1) is 15.8. The standard InChI is InChI=1S/C22H23Cl2N5O3S/c1-4-12(2)18(26-21(31)25-14-7-10-16(23)17(24)11-14)19(30)27-22-29-28-20(33-22)13-5-8-15(32-3)9-6-13/h5-12,18H,4H2,1-3H3,(H2,25,26,31)(H,27,29,30)/t12-,18-/m0/s1. The Balaban J connectivity index is 1.67. The molecular formula is C22H23Cl2N5O3S. The van der Waals surface area contributed by atoms with Crippen molar-refractivity contribution in [1.29, 1.82) is 0 Å². The molecule has 3 rings (SSSR count). The molecule has 0 aliphatic rings. The second-order valence-corrected chi connectivity index (χ2v) is 9.01. The molecule has 33 heavy (non-hydrogen) atoms. The Morgan fingerprint density at radius 1 is 1.06 bits per heavy atom. The SMILES string of the molecule is CC[C@H](C)[C@H](NC(=O)Nc1ccc(Cl)c(Cl)c1)C(=O)Nc1nnc(-c2ccc(OC)cc2)s1. The van der Waals surface area contributed by atoms with Crippen LogP contribution in [-0.4, -0.2) is 35.3 Å². The van der Waals surface area contributed by atoms with Gasteiger partial charge in [0.1, 0.15) is 16.8 Å². The van der Waals surface area contributed by atoms with E-state index in [0.717, 1.165) is 11.3 Å². The fourth-order valence-corrected chi connectivity index (χ4v) is 3.94. The van der Waals surface area contributed by atoms with Crippen molar-refractivity contribution < 1.29 is 14.3 Å². The lowest BCUT2D eigenvalue weighted by molar-refractivity contribution is -0.119. The summed E-state index contributed by atoms with van der Waals surface area (Å²) < 4.78 is 5.16. The number of nitrogens with one attached hydrogen (secondary N) is 3. The van der Waals surface area contributed by atoms with Gasteiger partial charge in [0, 0.05) is 11.3 Å². The van der Waals surface area contributed by atoms with E-state index in [1.807, 2.05) is 38.1 Å². The summed E-state index contributed by atoms with van der Waals surface area (Å²) in [6, 6.07) is 10.8. The number of hydrogen-bond acceptors (Lipinski definition) is 6. The van der Waals surface area contributed by atoms with Crippen LogP contribution in [0, 0.1) is 5.92 Å². The summed E-state index contributed by atoms with van der Waals surface area (Å²) in [5.41, 5.74) is 1.31. The molecule has 174 valence electrons. The van der Waals surface area contributed by atoms with E-state index in [1.165, 1.54) is 17.4 Å². The number of methoxy groups -OCH3 is 1. The molecule has 8 nitrogen and oxygen atoms in total. The van der Waals surface area contributed by atoms with E-state index in [4.69, 9.17) is 27.9 Å². The highest BCUT2D eigenvalue weighted by Crippen LogP contribution is 2.28. The van der Waals surface area contributed by atoms with Crippen molar-refractivity contribution in [3.05, 3.63) is 52.5 Å². The Labute approximate surface area is 205 Å². The van der Waals surface area contributed by atoms with Crippen molar-refractivity contribution in [2.75, 3.05) is 17.7 Å². The van der Waals surface area contributed by atoms with Gasteiger partial charge in [0.25, 0.3) is 0 Å². The molecule has 3 amide bonds. The molecular weight excluding hydrogens is 485 g/mol. The number of ether oxygens (including phenoxy) is 1. The number of aromatic nitrogens is 2.